The summed E-state index contributed by atoms with van der Waals surface area (Å²) in [7, 11) is 0. The number of rotatable bonds is 18. The molecular weight excluding hydrogens is 1470 g/mol. The predicted molar refractivity (Wildman–Crippen MR) is 449 cm³/mol. The second kappa shape index (κ2) is 40.9. The van der Waals surface area contributed by atoms with Crippen LogP contribution in [0.1, 0.15) is 353 Å². The molecule has 0 aliphatic heterocycles. The number of amides is 5. The van der Waals surface area contributed by atoms with E-state index < -0.39 is 279 Å². The van der Waals surface area contributed by atoms with E-state index in [1.807, 2.05) is 49.0 Å². The van der Waals surface area contributed by atoms with Crippen LogP contribution in [0.5, 0.6) is 0 Å². The van der Waals surface area contributed by atoms with Gasteiger partial charge < -0.3 is 107 Å². The maximum atomic E-state index is 12.0. The average molecular weight is 1660 g/mol. The van der Waals surface area contributed by atoms with E-state index in [2.05, 4.69) is 81.1 Å². The average Bonchev–Trinajstić information content (AvgIpc) is 0.733. The van der Waals surface area contributed by atoms with Gasteiger partial charge in [-0.05, 0) is 229 Å². The van der Waals surface area contributed by atoms with Crippen molar-refractivity contribution in [2.45, 2.75) is 322 Å². The van der Waals surface area contributed by atoms with Gasteiger partial charge >= 0.3 is 0 Å². The highest BCUT2D eigenvalue weighted by Gasteiger charge is 2.33. The summed E-state index contributed by atoms with van der Waals surface area (Å²) in [5.41, 5.74) is 10.00. The Balaban J connectivity index is 0.000000312. The van der Waals surface area contributed by atoms with E-state index in [0.717, 1.165) is 18.6 Å². The van der Waals surface area contributed by atoms with Crippen LogP contribution < -0.4 is 82.2 Å². The smallest absolute Gasteiger partial charge is 0.254 e. The predicted octanol–water partition coefficient (Wildman–Crippen LogP) is 7.58. The van der Waals surface area contributed by atoms with E-state index in [9.17, 15) is 49.5 Å². The third-order valence-electron chi connectivity index (χ3n) is 17.5. The van der Waals surface area contributed by atoms with Gasteiger partial charge in [-0.1, -0.05) is 34.5 Å². The number of nitrogens with one attached hydrogen (secondary N) is 10. The molecule has 5 heterocycles. The molecule has 5 saturated carbocycles. The van der Waals surface area contributed by atoms with Crippen LogP contribution in [0.3, 0.4) is 0 Å². The molecule has 5 aromatic rings. The summed E-state index contributed by atoms with van der Waals surface area (Å²) < 4.78 is 382. The molecular formula is C80H135N25O10. The van der Waals surface area contributed by atoms with Gasteiger partial charge in [0.1, 0.15) is 28.4 Å². The molecule has 0 aromatic carbocycles. The molecule has 640 valence electrons. The molecule has 35 heteroatoms. The number of aromatic amines is 2. The fourth-order valence-corrected chi connectivity index (χ4v) is 11.3. The van der Waals surface area contributed by atoms with E-state index in [4.69, 9.17) is 95.8 Å². The first kappa shape index (κ1) is 45.3. The highest BCUT2D eigenvalue weighted by molar-refractivity contribution is 5.99. The molecule has 0 saturated heterocycles. The zero-order valence-corrected chi connectivity index (χ0v) is 64.0. The van der Waals surface area contributed by atoms with E-state index >= 15 is 0 Å². The summed E-state index contributed by atoms with van der Waals surface area (Å²) in [6.45, 7) is -33.4. The number of nitrogens with two attached hydrogens (primary N) is 5. The fraction of sp³-hybridized carbons (Fsp3) is 0.688. The number of aliphatic hydroxyl groups is 5. The van der Waals surface area contributed by atoms with Crippen LogP contribution in [-0.2, 0) is 0 Å². The molecule has 15 atom stereocenters. The van der Waals surface area contributed by atoms with Crippen molar-refractivity contribution in [2.75, 3.05) is 42.5 Å². The number of carbonyl (C=O) groups is 5. The highest BCUT2D eigenvalue weighted by atomic mass is 16.3. The molecule has 0 radical (unpaired) electrons. The third kappa shape index (κ3) is 31.9. The lowest BCUT2D eigenvalue weighted by Gasteiger charge is -2.32. The zero-order chi connectivity index (χ0) is 128. The van der Waals surface area contributed by atoms with E-state index in [1.165, 1.54) is 6.92 Å². The monoisotopic (exact) mass is 1660 g/mol. The minimum absolute atomic E-state index is 0.0249. The topological polar surface area (TPSA) is 572 Å². The first-order chi connectivity index (χ1) is 72.9. The van der Waals surface area contributed by atoms with Gasteiger partial charge in [-0.25, -0.2) is 24.9 Å². The van der Waals surface area contributed by atoms with Crippen molar-refractivity contribution < 1.29 is 117 Å². The molecule has 0 spiro atoms. The van der Waals surface area contributed by atoms with Crippen molar-refractivity contribution in [3.8, 4) is 0 Å². The van der Waals surface area contributed by atoms with Crippen molar-refractivity contribution in [3.63, 3.8) is 0 Å². The Morgan fingerprint density at radius 2 is 0.826 bits per heavy atom. The second-order valence-corrected chi connectivity index (χ2v) is 29.0. The third-order valence-corrected chi connectivity index (χ3v) is 17.5. The minimum atomic E-state index is -3.70. The quantitative estimate of drug-likeness (QED) is 0.0402. The van der Waals surface area contributed by atoms with Gasteiger partial charge in [-0.15, -0.1) is 0 Å². The number of hydrogen-bond acceptors (Lipinski definition) is 28. The van der Waals surface area contributed by atoms with Crippen molar-refractivity contribution in [2.24, 2.45) is 68.2 Å². The molecule has 5 aliphatic rings. The number of nitrogens with zero attached hydrogens (tertiary/aromatic N) is 10. The largest absolute Gasteiger partial charge is 0.393 e. The molecule has 35 nitrogen and oxygen atoms in total. The first-order valence-corrected chi connectivity index (χ1v) is 35.7. The standard InChI is InChI=1S/5C16H27N5O2/c5*1-9-5-6-10(7-12(9)22)19-14-11(13(17)23)8-18-15(20-14)21-16(2,3)4/h5*8-10,12,22H,5-7H2,1-4H3,(H2,17,23)(H2,18,19,20,21)/i1D3,2D3,3D3,4D3,8D,10D,12D;2D3,3D3,4D3,10D,12D;2D3,3D3,4D3,12D;2D3,3D3,4D3,10D;8D,9D,12D. The molecule has 115 heavy (non-hydrogen) atoms. The Kier molecular flexibility index (Phi) is 16.1. The summed E-state index contributed by atoms with van der Waals surface area (Å²) >= 11 is 0. The van der Waals surface area contributed by atoms with Crippen LogP contribution >= 0.6 is 0 Å². The highest BCUT2D eigenvalue weighted by Crippen LogP contribution is 2.33. The van der Waals surface area contributed by atoms with Crippen LogP contribution in [0.2, 0.25) is 0 Å². The lowest BCUT2D eigenvalue weighted by Crippen LogP contribution is -2.36. The molecule has 10 rings (SSSR count). The van der Waals surface area contributed by atoms with Crippen LogP contribution in [0.4, 0.5) is 47.2 Å². The Labute approximate surface area is 745 Å². The van der Waals surface area contributed by atoms with Gasteiger partial charge in [0.25, 0.3) is 29.5 Å². The van der Waals surface area contributed by atoms with Crippen molar-refractivity contribution in [1.29, 1.82) is 0 Å². The number of H-pyrrole nitrogens is 2. The summed E-state index contributed by atoms with van der Waals surface area (Å²) in [5.74, 6) is -12.5. The number of aliphatic hydroxyl groups excluding tert-OH is 1. The van der Waals surface area contributed by atoms with E-state index in [-0.39, 0.29) is 120 Å². The Bertz CT molecular complexity index is 6190. The molecule has 0 bridgehead atoms. The van der Waals surface area contributed by atoms with Crippen molar-refractivity contribution in [3.05, 3.63) is 69.7 Å². The number of anilines is 8. The maximum absolute atomic E-state index is 12.0. The van der Waals surface area contributed by atoms with Gasteiger partial charge in [-0.2, -0.15) is 15.0 Å². The van der Waals surface area contributed by atoms with E-state index in [1.54, 1.807) is 13.8 Å². The van der Waals surface area contributed by atoms with Gasteiger partial charge in [0.2, 0.25) is 29.7 Å². The number of aromatic nitrogens is 10. The van der Waals surface area contributed by atoms with Crippen LogP contribution in [0.25, 0.3) is 0 Å². The summed E-state index contributed by atoms with van der Waals surface area (Å²) in [5, 5.41) is 70.4. The van der Waals surface area contributed by atoms with Crippen LogP contribution in [0.15, 0.2) is 40.9 Å². The zero-order valence-electron chi connectivity index (χ0n) is 113. The molecule has 15 unspecified atom stereocenters. The lowest BCUT2D eigenvalue weighted by atomic mass is 9.85. The van der Waals surface area contributed by atoms with Gasteiger partial charge in [0, 0.05) is 132 Å². The first-order valence-electron chi connectivity index (χ1n) is 60.2. The Morgan fingerprint density at radius 3 is 1.23 bits per heavy atom. The van der Waals surface area contributed by atoms with Gasteiger partial charge in [-0.3, -0.25) is 34.0 Å². The van der Waals surface area contributed by atoms with Crippen LogP contribution in [-0.4, -0.2) is 193 Å². The molecule has 5 aliphatic carbocycles. The summed E-state index contributed by atoms with van der Waals surface area (Å²) in [4.78, 5) is 103. The van der Waals surface area contributed by atoms with Gasteiger partial charge in [0.05, 0.1) is 82.6 Å². The second-order valence-electron chi connectivity index (χ2n) is 29.0. The van der Waals surface area contributed by atoms with Crippen molar-refractivity contribution in [1.82, 2.24) is 49.8 Å². The molecule has 5 fully saturated rings. The van der Waals surface area contributed by atoms with Crippen LogP contribution in [0, 0.1) is 29.6 Å². The van der Waals surface area contributed by atoms with Crippen molar-refractivity contribution >= 4 is 76.7 Å². The Hall–Kier alpha value is -9.45. The molecule has 5 amide bonds. The summed E-state index contributed by atoms with van der Waals surface area (Å²) in [6.07, 6.45) is -6.96. The lowest BCUT2D eigenvalue weighted by molar-refractivity contribution is 0.0702. The summed E-state index contributed by atoms with van der Waals surface area (Å²) in [6, 6.07) is -6.35. The normalized spacial score (nSPS) is 38.3. The molecule has 5 aromatic heterocycles. The minimum Gasteiger partial charge on any atom is -0.393 e. The Morgan fingerprint density at radius 1 is 0.435 bits per heavy atom. The molecule has 25 N–H and O–H groups in total. The maximum Gasteiger partial charge on any atom is 0.254 e. The fourth-order valence-electron chi connectivity index (χ4n) is 11.3. The van der Waals surface area contributed by atoms with Gasteiger partial charge in [0.15, 0.2) is 0 Å². The van der Waals surface area contributed by atoms with E-state index in [0.29, 0.717) is 32.1 Å². The number of hydrogen-bond donors (Lipinski definition) is 20. The SMILES string of the molecule is [2H]C1(Nc2nc(NC(C([2H])([2H])[2H])(C([2H])([2H])[2H])C([2H])([2H])[2H])ncc2C(N)=O)CCC(C)C(O)C1.[2H]C1(Nc2nc(NC(C([2H])([2H])[2H])(C([2H])([2H])[2H])C([2H])([2H])[2H])ncc2C(N)=O)CCC(C)C([2H])(O)C1.[2H]C1(O)CC(Nc2nc(NC(C([2H])([2H])[2H])(C([2H])([2H])[2H])C([2H])([2H])[2H])ncc2C(N)=O)CCC1C.[2H]c1nc(NC(C([2H])([2H])[2H])(C([2H])([2H])[2H])C([2H])([2H])[2H])[nH]c(=NC2([2H])CCC(C([2H])([2H])[2H])C([2H])(O)C2)c1C(N)=O.[2H]c1nc(NC(C)(C)C)[nH]c(=NC2CCC([2H])(C)C([2H])(O)C2)c1C(N)=O. The number of primary amides is 5. The number of carbonyl (C=O) groups excluding carboxylic acids is 5.